The Bertz CT molecular complexity index is 1410. The van der Waals surface area contributed by atoms with Crippen LogP contribution in [0.15, 0.2) is 52.3 Å². The van der Waals surface area contributed by atoms with Gasteiger partial charge in [-0.2, -0.15) is 0 Å². The fourth-order valence-corrected chi connectivity index (χ4v) is 5.96. The predicted molar refractivity (Wildman–Crippen MR) is 142 cm³/mol. The van der Waals surface area contributed by atoms with Crippen LogP contribution in [0.2, 0.25) is 0 Å². The first-order chi connectivity index (χ1) is 16.4. The first-order valence-corrected chi connectivity index (χ1v) is 12.7. The van der Waals surface area contributed by atoms with Gasteiger partial charge in [0.2, 0.25) is 0 Å². The van der Waals surface area contributed by atoms with Crippen molar-refractivity contribution in [3.63, 3.8) is 0 Å². The molecule has 1 saturated heterocycles. The van der Waals surface area contributed by atoms with Gasteiger partial charge in [-0.1, -0.05) is 61.2 Å². The average molecular weight is 491 g/mol. The number of rotatable bonds is 4. The summed E-state index contributed by atoms with van der Waals surface area (Å²) in [6, 6.07) is 12.2. The number of nitrogens with zero attached hydrogens (tertiary/aromatic N) is 4. The van der Waals surface area contributed by atoms with E-state index in [0.717, 1.165) is 24.9 Å². The zero-order valence-electron chi connectivity index (χ0n) is 19.4. The lowest BCUT2D eigenvalue weighted by Crippen LogP contribution is -2.36. The van der Waals surface area contributed by atoms with Gasteiger partial charge >= 0.3 is 0 Å². The summed E-state index contributed by atoms with van der Waals surface area (Å²) in [5.41, 5.74) is 4.35. The molecule has 1 atom stereocenters. The van der Waals surface area contributed by atoms with Crippen LogP contribution >= 0.6 is 24.0 Å². The minimum absolute atomic E-state index is 0.00921. The number of amides is 1. The Morgan fingerprint density at radius 2 is 1.94 bits per heavy atom. The maximum atomic E-state index is 13.7. The lowest BCUT2D eigenvalue weighted by Gasteiger charge is -2.31. The minimum atomic E-state index is -0.184. The minimum Gasteiger partial charge on any atom is -0.351 e. The molecular weight excluding hydrogens is 464 g/mol. The molecule has 1 fully saturated rings. The van der Waals surface area contributed by atoms with Gasteiger partial charge in [-0.05, 0) is 55.5 Å². The van der Waals surface area contributed by atoms with Crippen molar-refractivity contribution in [1.82, 2.24) is 14.3 Å². The predicted octanol–water partition coefficient (Wildman–Crippen LogP) is 4.57. The highest BCUT2D eigenvalue weighted by Crippen LogP contribution is 2.36. The molecule has 0 bridgehead atoms. The molecule has 1 aromatic carbocycles. The number of hydrogen-bond donors (Lipinski definition) is 0. The maximum absolute atomic E-state index is 13.7. The number of fused-ring (bicyclic) bond motifs is 2. The van der Waals surface area contributed by atoms with Gasteiger partial charge in [0.25, 0.3) is 11.5 Å². The summed E-state index contributed by atoms with van der Waals surface area (Å²) >= 11 is 6.76. The van der Waals surface area contributed by atoms with Crippen molar-refractivity contribution in [3.8, 4) is 0 Å². The second-order valence-electron chi connectivity index (χ2n) is 8.79. The molecule has 174 valence electrons. The monoisotopic (exact) mass is 490 g/mol. The van der Waals surface area contributed by atoms with Crippen molar-refractivity contribution in [3.05, 3.63) is 80.1 Å². The van der Waals surface area contributed by atoms with Crippen LogP contribution < -0.4 is 10.5 Å². The van der Waals surface area contributed by atoms with Crippen LogP contribution in [-0.2, 0) is 17.8 Å². The Kier molecular flexibility index (Phi) is 6.04. The molecule has 2 aliphatic rings. The zero-order chi connectivity index (χ0) is 24.0. The van der Waals surface area contributed by atoms with Gasteiger partial charge in [0.1, 0.15) is 15.8 Å². The normalized spacial score (nSPS) is 18.1. The number of thiocarbonyl (C=S) groups is 1. The number of anilines is 1. The smallest absolute Gasteiger partial charge is 0.267 e. The van der Waals surface area contributed by atoms with E-state index in [9.17, 15) is 9.59 Å². The molecule has 0 saturated carbocycles. The highest BCUT2D eigenvalue weighted by molar-refractivity contribution is 8.26. The number of benzene rings is 1. The number of carbonyl (C=O) groups excluding carboxylic acids is 1. The summed E-state index contributed by atoms with van der Waals surface area (Å²) in [5, 5.41) is 0. The van der Waals surface area contributed by atoms with Gasteiger partial charge in [0.15, 0.2) is 0 Å². The van der Waals surface area contributed by atoms with E-state index in [2.05, 4.69) is 23.1 Å². The Balaban J connectivity index is 1.67. The van der Waals surface area contributed by atoms with E-state index >= 15 is 0 Å². The fourth-order valence-electron chi connectivity index (χ4n) is 4.52. The molecule has 5 rings (SSSR count). The molecule has 4 heterocycles. The lowest BCUT2D eigenvalue weighted by atomic mass is 9.99. The molecule has 6 nitrogen and oxygen atoms in total. The zero-order valence-corrected chi connectivity index (χ0v) is 21.1. The van der Waals surface area contributed by atoms with Gasteiger partial charge in [0, 0.05) is 25.3 Å². The Labute approximate surface area is 208 Å². The molecule has 0 radical (unpaired) electrons. The number of carbonyl (C=O) groups is 1. The summed E-state index contributed by atoms with van der Waals surface area (Å²) in [5.74, 6) is 0.468. The Morgan fingerprint density at radius 1 is 1.18 bits per heavy atom. The highest BCUT2D eigenvalue weighted by Gasteiger charge is 2.35. The standard InChI is InChI=1S/C26H26N4O2S2/c1-4-17(3)30-25(32)21(34-26(30)33)14-20-23(27-22-16(2)8-7-12-29(22)24(20)31)28-13-11-18-9-5-6-10-19(18)15-28/h5-10,12,14,17H,4,11,13,15H2,1-3H3/b21-14-/t17-/m0/s1. The van der Waals surface area contributed by atoms with Crippen molar-refractivity contribution in [1.29, 1.82) is 0 Å². The van der Waals surface area contributed by atoms with Crippen molar-refractivity contribution >= 4 is 51.7 Å². The van der Waals surface area contributed by atoms with Crippen LogP contribution in [0.1, 0.15) is 42.5 Å². The van der Waals surface area contributed by atoms with Crippen LogP contribution in [0.3, 0.4) is 0 Å². The number of aromatic nitrogens is 2. The summed E-state index contributed by atoms with van der Waals surface area (Å²) in [7, 11) is 0. The second kappa shape index (κ2) is 9.00. The fraction of sp³-hybridized carbons (Fsp3) is 0.308. The van der Waals surface area contributed by atoms with Crippen molar-refractivity contribution < 1.29 is 4.79 Å². The van der Waals surface area contributed by atoms with Gasteiger partial charge < -0.3 is 4.90 Å². The molecule has 2 aromatic heterocycles. The quantitative estimate of drug-likeness (QED) is 0.395. The number of aryl methyl sites for hydroxylation is 1. The number of pyridine rings is 1. The molecule has 34 heavy (non-hydrogen) atoms. The van der Waals surface area contributed by atoms with Crippen LogP contribution in [0.4, 0.5) is 5.82 Å². The molecule has 1 amide bonds. The number of thioether (sulfide) groups is 1. The van der Waals surface area contributed by atoms with E-state index in [0.29, 0.717) is 32.8 Å². The van der Waals surface area contributed by atoms with E-state index in [1.54, 1.807) is 21.6 Å². The molecule has 8 heteroatoms. The van der Waals surface area contributed by atoms with Crippen molar-refractivity contribution in [2.24, 2.45) is 0 Å². The van der Waals surface area contributed by atoms with E-state index in [1.807, 2.05) is 39.0 Å². The number of hydrogen-bond acceptors (Lipinski definition) is 6. The van der Waals surface area contributed by atoms with Crippen molar-refractivity contribution in [2.45, 2.75) is 46.2 Å². The molecule has 0 spiro atoms. The maximum Gasteiger partial charge on any atom is 0.267 e. The Hall–Kier alpha value is -2.97. The molecular formula is C26H26N4O2S2. The third-order valence-electron chi connectivity index (χ3n) is 6.62. The lowest BCUT2D eigenvalue weighted by molar-refractivity contribution is -0.123. The van der Waals surface area contributed by atoms with Crippen LogP contribution in [0.25, 0.3) is 11.7 Å². The summed E-state index contributed by atoms with van der Waals surface area (Å²) in [6.45, 7) is 7.38. The largest absolute Gasteiger partial charge is 0.351 e. The van der Waals surface area contributed by atoms with Gasteiger partial charge in [0.05, 0.1) is 10.5 Å². The molecule has 3 aromatic rings. The first kappa shape index (κ1) is 22.8. The molecule has 0 aliphatic carbocycles. The third kappa shape index (κ3) is 3.84. The summed E-state index contributed by atoms with van der Waals surface area (Å²) in [4.78, 5) is 36.2. The summed E-state index contributed by atoms with van der Waals surface area (Å²) < 4.78 is 2.10. The second-order valence-corrected chi connectivity index (χ2v) is 10.5. The average Bonchev–Trinajstić information content (AvgIpc) is 3.13. The molecule has 0 unspecified atom stereocenters. The molecule has 0 N–H and O–H groups in total. The Morgan fingerprint density at radius 3 is 2.71 bits per heavy atom. The van der Waals surface area contributed by atoms with Gasteiger partial charge in [-0.15, -0.1) is 0 Å². The first-order valence-electron chi connectivity index (χ1n) is 11.5. The van der Waals surface area contributed by atoms with E-state index < -0.39 is 0 Å². The van der Waals surface area contributed by atoms with Gasteiger partial charge in [-0.25, -0.2) is 4.98 Å². The SMILES string of the molecule is CC[C@H](C)N1C(=O)/C(=C/c2c(N3CCc4ccccc4C3)nc3c(C)cccn3c2=O)SC1=S. The van der Waals surface area contributed by atoms with E-state index in [-0.39, 0.29) is 17.5 Å². The topological polar surface area (TPSA) is 57.9 Å². The highest BCUT2D eigenvalue weighted by atomic mass is 32.2. The van der Waals surface area contributed by atoms with E-state index in [4.69, 9.17) is 17.2 Å². The van der Waals surface area contributed by atoms with Gasteiger partial charge in [-0.3, -0.25) is 18.9 Å². The van der Waals surface area contributed by atoms with E-state index in [1.165, 1.54) is 22.9 Å². The molecule has 2 aliphatic heterocycles. The van der Waals surface area contributed by atoms with Crippen LogP contribution in [0.5, 0.6) is 0 Å². The van der Waals surface area contributed by atoms with Crippen LogP contribution in [0, 0.1) is 6.92 Å². The third-order valence-corrected chi connectivity index (χ3v) is 7.96. The van der Waals surface area contributed by atoms with Crippen LogP contribution in [-0.4, -0.2) is 37.1 Å². The summed E-state index contributed by atoms with van der Waals surface area (Å²) in [6.07, 6.45) is 5.11. The van der Waals surface area contributed by atoms with Crippen molar-refractivity contribution in [2.75, 3.05) is 11.4 Å².